The molecule has 0 aromatic carbocycles. The van der Waals surface area contributed by atoms with Crippen molar-refractivity contribution >= 4 is 6.09 Å². The molecular formula is C18H30N4O2. The number of nitrogens with zero attached hydrogens (tertiary/aromatic N) is 4. The molecule has 0 saturated carbocycles. The van der Waals surface area contributed by atoms with Gasteiger partial charge in [-0.1, -0.05) is 0 Å². The third-order valence-corrected chi connectivity index (χ3v) is 4.48. The fourth-order valence-electron chi connectivity index (χ4n) is 2.94. The highest BCUT2D eigenvalue weighted by Gasteiger charge is 2.28. The standard InChI is InChI=1S/C18H30N4O2/c1-14(16-12-19-8-9-20-16)21(5)13-15-6-10-22(11-7-15)17(23)24-18(2,3)4/h8-9,12,14-15H,6-7,10-11,13H2,1-5H3. The lowest BCUT2D eigenvalue weighted by Gasteiger charge is -2.36. The lowest BCUT2D eigenvalue weighted by atomic mass is 9.96. The summed E-state index contributed by atoms with van der Waals surface area (Å²) >= 11 is 0. The van der Waals surface area contributed by atoms with E-state index in [1.807, 2.05) is 31.9 Å². The summed E-state index contributed by atoms with van der Waals surface area (Å²) in [5.74, 6) is 0.591. The fraction of sp³-hybridized carbons (Fsp3) is 0.722. The van der Waals surface area contributed by atoms with Crippen molar-refractivity contribution in [2.75, 3.05) is 26.7 Å². The number of ether oxygens (including phenoxy) is 1. The van der Waals surface area contributed by atoms with Gasteiger partial charge in [-0.05, 0) is 53.5 Å². The summed E-state index contributed by atoms with van der Waals surface area (Å²) < 4.78 is 5.45. The molecule has 1 aromatic heterocycles. The average Bonchev–Trinajstić information content (AvgIpc) is 2.54. The van der Waals surface area contributed by atoms with Crippen LogP contribution < -0.4 is 0 Å². The highest BCUT2D eigenvalue weighted by Crippen LogP contribution is 2.23. The first-order valence-electron chi connectivity index (χ1n) is 8.70. The largest absolute Gasteiger partial charge is 0.444 e. The molecule has 1 fully saturated rings. The summed E-state index contributed by atoms with van der Waals surface area (Å²) in [6.45, 7) is 10.4. The fourth-order valence-corrected chi connectivity index (χ4v) is 2.94. The van der Waals surface area contributed by atoms with Crippen LogP contribution >= 0.6 is 0 Å². The first-order valence-corrected chi connectivity index (χ1v) is 8.70. The lowest BCUT2D eigenvalue weighted by molar-refractivity contribution is 0.0168. The van der Waals surface area contributed by atoms with Crippen LogP contribution in [0.25, 0.3) is 0 Å². The van der Waals surface area contributed by atoms with Gasteiger partial charge in [0.1, 0.15) is 5.60 Å². The molecule has 1 amide bonds. The minimum absolute atomic E-state index is 0.192. The van der Waals surface area contributed by atoms with Crippen LogP contribution in [-0.2, 0) is 4.74 Å². The zero-order chi connectivity index (χ0) is 17.7. The molecule has 0 N–H and O–H groups in total. The molecule has 1 aliphatic heterocycles. The molecule has 134 valence electrons. The van der Waals surface area contributed by atoms with Crippen molar-refractivity contribution in [2.45, 2.75) is 52.2 Å². The van der Waals surface area contributed by atoms with Crippen molar-refractivity contribution in [3.63, 3.8) is 0 Å². The van der Waals surface area contributed by atoms with Gasteiger partial charge in [0, 0.05) is 38.2 Å². The highest BCUT2D eigenvalue weighted by molar-refractivity contribution is 5.68. The summed E-state index contributed by atoms with van der Waals surface area (Å²) in [4.78, 5) is 24.8. The van der Waals surface area contributed by atoms with Gasteiger partial charge in [-0.25, -0.2) is 4.79 Å². The molecule has 0 spiro atoms. The Labute approximate surface area is 145 Å². The van der Waals surface area contributed by atoms with E-state index in [0.717, 1.165) is 38.2 Å². The topological polar surface area (TPSA) is 58.6 Å². The van der Waals surface area contributed by atoms with Gasteiger partial charge in [0.2, 0.25) is 0 Å². The van der Waals surface area contributed by atoms with Gasteiger partial charge in [0.25, 0.3) is 0 Å². The normalized spacial score (nSPS) is 17.8. The SMILES string of the molecule is CC(c1cnccn1)N(C)CC1CCN(C(=O)OC(C)(C)C)CC1. The van der Waals surface area contributed by atoms with Gasteiger partial charge >= 0.3 is 6.09 Å². The van der Waals surface area contributed by atoms with E-state index in [0.29, 0.717) is 5.92 Å². The van der Waals surface area contributed by atoms with Crippen molar-refractivity contribution in [1.82, 2.24) is 19.8 Å². The molecule has 2 rings (SSSR count). The maximum Gasteiger partial charge on any atom is 0.410 e. The van der Waals surface area contributed by atoms with E-state index in [1.165, 1.54) is 0 Å². The van der Waals surface area contributed by atoms with E-state index in [-0.39, 0.29) is 12.1 Å². The van der Waals surface area contributed by atoms with Gasteiger partial charge in [-0.3, -0.25) is 14.9 Å². The van der Waals surface area contributed by atoms with Crippen LogP contribution in [0.4, 0.5) is 4.79 Å². The van der Waals surface area contributed by atoms with Crippen molar-refractivity contribution in [3.8, 4) is 0 Å². The average molecular weight is 334 g/mol. The molecular weight excluding hydrogens is 304 g/mol. The van der Waals surface area contributed by atoms with Crippen molar-refractivity contribution in [1.29, 1.82) is 0 Å². The number of likely N-dealkylation sites (tertiary alicyclic amines) is 1. The molecule has 6 heteroatoms. The minimum atomic E-state index is -0.430. The van der Waals surface area contributed by atoms with E-state index < -0.39 is 5.60 Å². The van der Waals surface area contributed by atoms with Gasteiger partial charge in [0.15, 0.2) is 0 Å². The summed E-state index contributed by atoms with van der Waals surface area (Å²) in [7, 11) is 2.12. The quantitative estimate of drug-likeness (QED) is 0.847. The van der Waals surface area contributed by atoms with Crippen LogP contribution in [0.3, 0.4) is 0 Å². The predicted molar refractivity (Wildman–Crippen MR) is 93.6 cm³/mol. The van der Waals surface area contributed by atoms with E-state index in [1.54, 1.807) is 12.4 Å². The Kier molecular flexibility index (Phi) is 6.15. The van der Waals surface area contributed by atoms with E-state index in [9.17, 15) is 4.79 Å². The Morgan fingerprint density at radius 3 is 2.58 bits per heavy atom. The number of carbonyl (C=O) groups is 1. The third-order valence-electron chi connectivity index (χ3n) is 4.48. The second kappa shape index (κ2) is 7.92. The highest BCUT2D eigenvalue weighted by atomic mass is 16.6. The van der Waals surface area contributed by atoms with Crippen LogP contribution in [0, 0.1) is 5.92 Å². The van der Waals surface area contributed by atoms with Gasteiger partial charge in [-0.2, -0.15) is 0 Å². The predicted octanol–water partition coefficient (Wildman–Crippen LogP) is 3.12. The lowest BCUT2D eigenvalue weighted by Crippen LogP contribution is -2.43. The van der Waals surface area contributed by atoms with Crippen molar-refractivity contribution < 1.29 is 9.53 Å². The second-order valence-corrected chi connectivity index (χ2v) is 7.66. The number of rotatable bonds is 4. The second-order valence-electron chi connectivity index (χ2n) is 7.66. The molecule has 0 radical (unpaired) electrons. The molecule has 6 nitrogen and oxygen atoms in total. The maximum atomic E-state index is 12.1. The molecule has 1 aromatic rings. The molecule has 1 saturated heterocycles. The number of amides is 1. The first kappa shape index (κ1) is 18.6. The summed E-state index contributed by atoms with van der Waals surface area (Å²) in [5, 5.41) is 0. The van der Waals surface area contributed by atoms with Crippen molar-refractivity contribution in [3.05, 3.63) is 24.3 Å². The van der Waals surface area contributed by atoms with Crippen LogP contribution in [0.15, 0.2) is 18.6 Å². The molecule has 2 heterocycles. The summed E-state index contributed by atoms with van der Waals surface area (Å²) in [6, 6.07) is 0.239. The zero-order valence-corrected chi connectivity index (χ0v) is 15.5. The molecule has 1 unspecified atom stereocenters. The molecule has 1 atom stereocenters. The van der Waals surface area contributed by atoms with Crippen LogP contribution in [0.1, 0.15) is 52.3 Å². The number of aromatic nitrogens is 2. The van der Waals surface area contributed by atoms with Crippen LogP contribution in [-0.4, -0.2) is 58.1 Å². The Morgan fingerprint density at radius 1 is 1.38 bits per heavy atom. The molecule has 1 aliphatic rings. The minimum Gasteiger partial charge on any atom is -0.444 e. The molecule has 24 heavy (non-hydrogen) atoms. The Morgan fingerprint density at radius 2 is 2.04 bits per heavy atom. The third kappa shape index (κ3) is 5.44. The van der Waals surface area contributed by atoms with E-state index >= 15 is 0 Å². The van der Waals surface area contributed by atoms with E-state index in [2.05, 4.69) is 28.8 Å². The van der Waals surface area contributed by atoms with Crippen molar-refractivity contribution in [2.24, 2.45) is 5.92 Å². The van der Waals surface area contributed by atoms with Gasteiger partial charge < -0.3 is 9.64 Å². The maximum absolute atomic E-state index is 12.1. The Bertz CT molecular complexity index is 522. The zero-order valence-electron chi connectivity index (χ0n) is 15.5. The molecule has 0 aliphatic carbocycles. The number of carbonyl (C=O) groups excluding carboxylic acids is 1. The summed E-state index contributed by atoms with van der Waals surface area (Å²) in [5.41, 5.74) is 0.562. The first-order chi connectivity index (χ1) is 11.3. The number of hydrogen-bond acceptors (Lipinski definition) is 5. The Balaban J connectivity index is 1.79. The van der Waals surface area contributed by atoms with Crippen LogP contribution in [0.5, 0.6) is 0 Å². The Hall–Kier alpha value is -1.69. The van der Waals surface area contributed by atoms with Gasteiger partial charge in [0.05, 0.1) is 11.7 Å². The van der Waals surface area contributed by atoms with E-state index in [4.69, 9.17) is 4.74 Å². The summed E-state index contributed by atoms with van der Waals surface area (Å²) in [6.07, 6.45) is 7.09. The number of piperidine rings is 1. The monoisotopic (exact) mass is 334 g/mol. The number of hydrogen-bond donors (Lipinski definition) is 0. The van der Waals surface area contributed by atoms with Crippen LogP contribution in [0.2, 0.25) is 0 Å². The smallest absolute Gasteiger partial charge is 0.410 e. The van der Waals surface area contributed by atoms with Gasteiger partial charge in [-0.15, -0.1) is 0 Å². The molecule has 0 bridgehead atoms.